The van der Waals surface area contributed by atoms with Crippen molar-refractivity contribution in [3.63, 3.8) is 0 Å². The molecule has 1 fully saturated rings. The molecule has 1 aromatic carbocycles. The minimum atomic E-state index is -0.201. The lowest BCUT2D eigenvalue weighted by molar-refractivity contribution is -0.131. The van der Waals surface area contributed by atoms with Crippen molar-refractivity contribution in [2.75, 3.05) is 19.6 Å². The van der Waals surface area contributed by atoms with Crippen LogP contribution in [0.1, 0.15) is 50.6 Å². The Balaban J connectivity index is 2.12. The number of carbonyl (C=O) groups excluding carboxylic acids is 1. The summed E-state index contributed by atoms with van der Waals surface area (Å²) in [4.78, 5) is 14.0. The lowest BCUT2D eigenvalue weighted by atomic mass is 10.1. The average molecular weight is 292 g/mol. The van der Waals surface area contributed by atoms with E-state index >= 15 is 0 Å². The minimum Gasteiger partial charge on any atom is -0.341 e. The second kappa shape index (κ2) is 8.13. The summed E-state index contributed by atoms with van der Waals surface area (Å²) in [5, 5.41) is 3.38. The van der Waals surface area contributed by atoms with Gasteiger partial charge in [-0.25, -0.2) is 4.39 Å². The summed E-state index contributed by atoms with van der Waals surface area (Å²) in [7, 11) is 0. The molecule has 1 amide bonds. The first-order valence-electron chi connectivity index (χ1n) is 7.98. The van der Waals surface area contributed by atoms with E-state index in [1.54, 1.807) is 6.07 Å². The summed E-state index contributed by atoms with van der Waals surface area (Å²) >= 11 is 0. The summed E-state index contributed by atoms with van der Waals surface area (Å²) in [5.74, 6) is 0.000474. The van der Waals surface area contributed by atoms with Gasteiger partial charge in [0.1, 0.15) is 5.82 Å². The molecule has 1 unspecified atom stereocenters. The van der Waals surface area contributed by atoms with Gasteiger partial charge in [0.2, 0.25) is 5.91 Å². The summed E-state index contributed by atoms with van der Waals surface area (Å²) in [6, 6.07) is 6.72. The Morgan fingerprint density at radius 2 is 2.10 bits per heavy atom. The highest BCUT2D eigenvalue weighted by Crippen LogP contribution is 2.20. The van der Waals surface area contributed by atoms with Gasteiger partial charge in [-0.3, -0.25) is 4.79 Å². The highest BCUT2D eigenvalue weighted by Gasteiger charge is 2.22. The molecule has 1 aromatic rings. The second-order valence-electron chi connectivity index (χ2n) is 5.68. The van der Waals surface area contributed by atoms with E-state index in [4.69, 9.17) is 0 Å². The molecule has 0 spiro atoms. The van der Waals surface area contributed by atoms with E-state index < -0.39 is 0 Å². The topological polar surface area (TPSA) is 32.3 Å². The molecule has 116 valence electrons. The molecule has 1 atom stereocenters. The molecule has 0 radical (unpaired) electrons. The molecule has 2 rings (SSSR count). The van der Waals surface area contributed by atoms with E-state index in [0.29, 0.717) is 18.5 Å². The maximum Gasteiger partial charge on any atom is 0.222 e. The first-order chi connectivity index (χ1) is 10.2. The maximum atomic E-state index is 14.1. The number of hydrogen-bond donors (Lipinski definition) is 1. The van der Waals surface area contributed by atoms with Gasteiger partial charge in [0, 0.05) is 25.1 Å². The fourth-order valence-electron chi connectivity index (χ4n) is 2.80. The Labute approximate surface area is 126 Å². The van der Waals surface area contributed by atoms with Gasteiger partial charge in [-0.1, -0.05) is 31.5 Å². The molecule has 0 aromatic heterocycles. The van der Waals surface area contributed by atoms with Crippen LogP contribution in [0.15, 0.2) is 24.3 Å². The third kappa shape index (κ3) is 4.53. The zero-order valence-electron chi connectivity index (χ0n) is 12.8. The van der Waals surface area contributed by atoms with Crippen molar-refractivity contribution in [1.29, 1.82) is 0 Å². The summed E-state index contributed by atoms with van der Waals surface area (Å²) < 4.78 is 14.1. The molecular formula is C17H25FN2O. The molecule has 3 nitrogen and oxygen atoms in total. The minimum absolute atomic E-state index is 0.131. The number of nitrogens with zero attached hydrogens (tertiary/aromatic N) is 1. The highest BCUT2D eigenvalue weighted by molar-refractivity contribution is 5.76. The van der Waals surface area contributed by atoms with Crippen LogP contribution in [0.3, 0.4) is 0 Å². The van der Waals surface area contributed by atoms with Crippen molar-refractivity contribution in [2.24, 2.45) is 0 Å². The van der Waals surface area contributed by atoms with Crippen molar-refractivity contribution in [1.82, 2.24) is 10.2 Å². The number of nitrogens with one attached hydrogen (secondary N) is 1. The van der Waals surface area contributed by atoms with Gasteiger partial charge < -0.3 is 10.2 Å². The van der Waals surface area contributed by atoms with E-state index in [0.717, 1.165) is 38.8 Å². The Morgan fingerprint density at radius 1 is 1.29 bits per heavy atom. The van der Waals surface area contributed by atoms with Crippen LogP contribution in [0.25, 0.3) is 0 Å². The SMILES string of the molecule is CCCNC(CN1CCCCCC1=O)c1ccccc1F. The molecule has 0 aliphatic carbocycles. The molecule has 0 bridgehead atoms. The van der Waals surface area contributed by atoms with Crippen molar-refractivity contribution in [3.8, 4) is 0 Å². The van der Waals surface area contributed by atoms with E-state index in [-0.39, 0.29) is 17.8 Å². The van der Waals surface area contributed by atoms with E-state index in [2.05, 4.69) is 12.2 Å². The molecule has 0 saturated carbocycles. The van der Waals surface area contributed by atoms with Crippen LogP contribution in [-0.4, -0.2) is 30.4 Å². The maximum absolute atomic E-state index is 14.1. The lowest BCUT2D eigenvalue weighted by Crippen LogP contribution is -2.39. The third-order valence-corrected chi connectivity index (χ3v) is 4.00. The molecule has 1 aliphatic heterocycles. The number of rotatable bonds is 6. The number of amides is 1. The van der Waals surface area contributed by atoms with Gasteiger partial charge in [0.25, 0.3) is 0 Å². The molecule has 1 saturated heterocycles. The Morgan fingerprint density at radius 3 is 2.86 bits per heavy atom. The number of carbonyl (C=O) groups is 1. The van der Waals surface area contributed by atoms with Crippen LogP contribution in [0.2, 0.25) is 0 Å². The predicted octanol–water partition coefficient (Wildman–Crippen LogP) is 3.27. The second-order valence-corrected chi connectivity index (χ2v) is 5.68. The number of benzene rings is 1. The van der Waals surface area contributed by atoms with Crippen molar-refractivity contribution < 1.29 is 9.18 Å². The third-order valence-electron chi connectivity index (χ3n) is 4.00. The van der Waals surface area contributed by atoms with Crippen LogP contribution < -0.4 is 5.32 Å². The average Bonchev–Trinajstić information content (AvgIpc) is 2.69. The van der Waals surface area contributed by atoms with Gasteiger partial charge in [0.15, 0.2) is 0 Å². The first kappa shape index (κ1) is 16.0. The first-order valence-corrected chi connectivity index (χ1v) is 7.98. The van der Waals surface area contributed by atoms with Gasteiger partial charge >= 0.3 is 0 Å². The predicted molar refractivity (Wildman–Crippen MR) is 82.5 cm³/mol. The smallest absolute Gasteiger partial charge is 0.222 e. The van der Waals surface area contributed by atoms with E-state index in [1.807, 2.05) is 17.0 Å². The number of halogens is 1. The highest BCUT2D eigenvalue weighted by atomic mass is 19.1. The van der Waals surface area contributed by atoms with Crippen molar-refractivity contribution >= 4 is 5.91 Å². The molecular weight excluding hydrogens is 267 g/mol. The van der Waals surface area contributed by atoms with Crippen LogP contribution in [0.5, 0.6) is 0 Å². The molecule has 1 N–H and O–H groups in total. The number of likely N-dealkylation sites (tertiary alicyclic amines) is 1. The summed E-state index contributed by atoms with van der Waals surface area (Å²) in [5.41, 5.74) is 0.656. The fourth-order valence-corrected chi connectivity index (χ4v) is 2.80. The quantitative estimate of drug-likeness (QED) is 0.873. The van der Waals surface area contributed by atoms with Crippen molar-refractivity contribution in [2.45, 2.75) is 45.1 Å². The van der Waals surface area contributed by atoms with Gasteiger partial charge in [-0.2, -0.15) is 0 Å². The summed E-state index contributed by atoms with van der Waals surface area (Å²) in [6.45, 7) is 4.25. The lowest BCUT2D eigenvalue weighted by Gasteiger charge is -2.28. The largest absolute Gasteiger partial charge is 0.341 e. The monoisotopic (exact) mass is 292 g/mol. The standard InChI is InChI=1S/C17H25FN2O/c1-2-11-19-16(14-8-5-6-9-15(14)18)13-20-12-7-3-4-10-17(20)21/h5-6,8-9,16,19H,2-4,7,10-13H2,1H3. The van der Waals surface area contributed by atoms with Crippen LogP contribution in [-0.2, 0) is 4.79 Å². The zero-order valence-corrected chi connectivity index (χ0v) is 12.8. The van der Waals surface area contributed by atoms with Crippen LogP contribution >= 0.6 is 0 Å². The number of hydrogen-bond acceptors (Lipinski definition) is 2. The van der Waals surface area contributed by atoms with Crippen LogP contribution in [0.4, 0.5) is 4.39 Å². The normalized spacial score (nSPS) is 17.6. The molecule has 1 aliphatic rings. The van der Waals surface area contributed by atoms with Crippen molar-refractivity contribution in [3.05, 3.63) is 35.6 Å². The fraction of sp³-hybridized carbons (Fsp3) is 0.588. The van der Waals surface area contributed by atoms with Gasteiger partial charge in [-0.05, 0) is 31.9 Å². The molecule has 21 heavy (non-hydrogen) atoms. The van der Waals surface area contributed by atoms with Gasteiger partial charge in [0.05, 0.1) is 6.04 Å². The Bertz CT molecular complexity index is 464. The van der Waals surface area contributed by atoms with Crippen LogP contribution in [0, 0.1) is 5.82 Å². The molecule has 4 heteroatoms. The van der Waals surface area contributed by atoms with E-state index in [9.17, 15) is 9.18 Å². The molecule has 1 heterocycles. The summed E-state index contributed by atoms with van der Waals surface area (Å²) in [6.07, 6.45) is 4.73. The van der Waals surface area contributed by atoms with E-state index in [1.165, 1.54) is 6.07 Å². The Hall–Kier alpha value is -1.42. The van der Waals surface area contributed by atoms with Gasteiger partial charge in [-0.15, -0.1) is 0 Å². The zero-order chi connectivity index (χ0) is 15.1. The Kier molecular flexibility index (Phi) is 6.18.